The largest absolute Gasteiger partial charge is 0.423 e. The Morgan fingerprint density at radius 2 is 1.83 bits per heavy atom. The third kappa shape index (κ3) is 6.24. The number of nitrogens with zero attached hydrogens (tertiary/aromatic N) is 2. The third-order valence-electron chi connectivity index (χ3n) is 5.86. The van der Waals surface area contributed by atoms with Gasteiger partial charge in [-0.25, -0.2) is 4.98 Å². The van der Waals surface area contributed by atoms with Crippen molar-refractivity contribution in [3.05, 3.63) is 70.3 Å². The molecule has 1 heterocycles. The van der Waals surface area contributed by atoms with Crippen LogP contribution in [0.3, 0.4) is 0 Å². The number of nitro groups is 1. The molecule has 0 unspecified atom stereocenters. The van der Waals surface area contributed by atoms with E-state index < -0.39 is 22.4 Å². The van der Waals surface area contributed by atoms with Crippen LogP contribution < -0.4 is 10.6 Å². The van der Waals surface area contributed by atoms with E-state index in [1.165, 1.54) is 6.07 Å². The number of fused-ring (bicyclic) bond motifs is 1. The number of para-hydroxylation sites is 1. The lowest BCUT2D eigenvalue weighted by Crippen LogP contribution is -2.31. The van der Waals surface area contributed by atoms with Crippen LogP contribution in [0.15, 0.2) is 54.6 Å². The van der Waals surface area contributed by atoms with Gasteiger partial charge in [0.15, 0.2) is 0 Å². The van der Waals surface area contributed by atoms with Gasteiger partial charge in [-0.3, -0.25) is 14.9 Å². The molecule has 1 aliphatic rings. The van der Waals surface area contributed by atoms with Crippen molar-refractivity contribution < 1.29 is 27.6 Å². The molecule has 0 spiro atoms. The summed E-state index contributed by atoms with van der Waals surface area (Å²) in [4.78, 5) is 26.5. The van der Waals surface area contributed by atoms with Crippen LogP contribution in [0.4, 0.5) is 30.4 Å². The monoisotopic (exact) mass is 488 g/mol. The highest BCUT2D eigenvalue weighted by molar-refractivity contribution is 5.92. The second kappa shape index (κ2) is 10.3. The van der Waals surface area contributed by atoms with Gasteiger partial charge in [0.1, 0.15) is 18.0 Å². The number of alkyl halides is 3. The molecule has 0 radical (unpaired) electrons. The normalized spacial score (nSPS) is 18.3. The lowest BCUT2D eigenvalue weighted by atomic mass is 9.92. The van der Waals surface area contributed by atoms with Gasteiger partial charge < -0.3 is 15.4 Å². The molecule has 2 N–H and O–H groups in total. The molecular formula is C24H23F3N4O4. The topological polar surface area (TPSA) is 106 Å². The summed E-state index contributed by atoms with van der Waals surface area (Å²) in [5, 5.41) is 17.6. The Labute approximate surface area is 198 Å². The molecule has 1 aromatic heterocycles. The number of pyridine rings is 1. The molecule has 1 amide bonds. The number of halogens is 3. The van der Waals surface area contributed by atoms with E-state index in [-0.39, 0.29) is 30.3 Å². The van der Waals surface area contributed by atoms with E-state index in [0.717, 1.165) is 23.0 Å². The summed E-state index contributed by atoms with van der Waals surface area (Å²) in [5.74, 6) is 0.116. The molecule has 35 heavy (non-hydrogen) atoms. The van der Waals surface area contributed by atoms with E-state index in [4.69, 9.17) is 4.74 Å². The predicted molar refractivity (Wildman–Crippen MR) is 124 cm³/mol. The van der Waals surface area contributed by atoms with Crippen LogP contribution >= 0.6 is 0 Å². The fourth-order valence-corrected chi connectivity index (χ4v) is 4.13. The summed E-state index contributed by atoms with van der Waals surface area (Å²) in [5.41, 5.74) is -1.31. The molecule has 0 atom stereocenters. The van der Waals surface area contributed by atoms with Crippen molar-refractivity contribution in [2.75, 3.05) is 17.2 Å². The van der Waals surface area contributed by atoms with E-state index in [0.29, 0.717) is 31.5 Å². The van der Waals surface area contributed by atoms with Crippen LogP contribution in [0.25, 0.3) is 10.9 Å². The van der Waals surface area contributed by atoms with Crippen LogP contribution in [0.5, 0.6) is 0 Å². The lowest BCUT2D eigenvalue weighted by Gasteiger charge is -2.29. The number of hydrogen-bond donors (Lipinski definition) is 2. The Morgan fingerprint density at radius 3 is 2.54 bits per heavy atom. The van der Waals surface area contributed by atoms with Gasteiger partial charge in [-0.2, -0.15) is 13.2 Å². The number of nitro benzene ring substituents is 1. The smallest absolute Gasteiger partial charge is 0.382 e. The second-order valence-corrected chi connectivity index (χ2v) is 8.35. The molecule has 0 saturated heterocycles. The maximum absolute atomic E-state index is 13.2. The predicted octanol–water partition coefficient (Wildman–Crippen LogP) is 5.54. The van der Waals surface area contributed by atoms with E-state index >= 15 is 0 Å². The average molecular weight is 488 g/mol. The van der Waals surface area contributed by atoms with Crippen molar-refractivity contribution in [1.82, 2.24) is 4.98 Å². The molecule has 2 aromatic carbocycles. The first-order valence-electron chi connectivity index (χ1n) is 11.1. The number of hydrogen-bond acceptors (Lipinski definition) is 6. The molecule has 8 nitrogen and oxygen atoms in total. The van der Waals surface area contributed by atoms with E-state index in [9.17, 15) is 28.1 Å². The van der Waals surface area contributed by atoms with E-state index in [1.54, 1.807) is 6.07 Å². The second-order valence-electron chi connectivity index (χ2n) is 8.35. The number of carbonyl (C=O) groups excluding carboxylic acids is 1. The van der Waals surface area contributed by atoms with Gasteiger partial charge in [0.05, 0.1) is 16.5 Å². The molecule has 184 valence electrons. The van der Waals surface area contributed by atoms with Crippen molar-refractivity contribution >= 4 is 34.0 Å². The Hall–Kier alpha value is -3.73. The van der Waals surface area contributed by atoms with Crippen LogP contribution in [0, 0.1) is 10.1 Å². The fraction of sp³-hybridized carbons (Fsp3) is 0.333. The SMILES string of the molecule is O=C(CO[C@H]1CC[C@H](Nc2ccc([N+](=O)[O-])c(C(F)(F)F)c2)CC1)Nc1ccc2ccccc2n1. The zero-order chi connectivity index (χ0) is 25.0. The third-order valence-corrected chi connectivity index (χ3v) is 5.86. The molecule has 0 bridgehead atoms. The lowest BCUT2D eigenvalue weighted by molar-refractivity contribution is -0.388. The Morgan fingerprint density at radius 1 is 1.09 bits per heavy atom. The molecule has 3 aromatic rings. The Balaban J connectivity index is 1.25. The van der Waals surface area contributed by atoms with Gasteiger partial charge >= 0.3 is 6.18 Å². The first-order valence-corrected chi connectivity index (χ1v) is 11.1. The number of aromatic nitrogens is 1. The van der Waals surface area contributed by atoms with Gasteiger partial charge in [0, 0.05) is 23.2 Å². The highest BCUT2D eigenvalue weighted by Crippen LogP contribution is 2.38. The number of amides is 1. The molecule has 1 aliphatic carbocycles. The zero-order valence-electron chi connectivity index (χ0n) is 18.5. The van der Waals surface area contributed by atoms with Crippen molar-refractivity contribution in [2.45, 2.75) is 44.0 Å². The minimum atomic E-state index is -4.82. The molecule has 11 heteroatoms. The standard InChI is InChI=1S/C24H23F3N4O4/c25-24(26,27)19-13-17(8-11-21(19)31(33)34)28-16-6-9-18(10-7-16)35-14-23(32)30-22-12-5-15-3-1-2-4-20(15)29-22/h1-5,8,11-13,16,18,28H,6-7,9-10,14H2,(H,29,30,32)/t16-,18-. The highest BCUT2D eigenvalue weighted by atomic mass is 19.4. The van der Waals surface area contributed by atoms with Crippen LogP contribution in [-0.4, -0.2) is 34.6 Å². The number of benzene rings is 2. The summed E-state index contributed by atoms with van der Waals surface area (Å²) in [6, 6.07) is 14.0. The van der Waals surface area contributed by atoms with Gasteiger partial charge in [-0.1, -0.05) is 18.2 Å². The number of rotatable bonds is 7. The first-order chi connectivity index (χ1) is 16.7. The quantitative estimate of drug-likeness (QED) is 0.334. The summed E-state index contributed by atoms with van der Waals surface area (Å²) >= 11 is 0. The molecule has 1 fully saturated rings. The fourth-order valence-electron chi connectivity index (χ4n) is 4.13. The summed E-state index contributed by atoms with van der Waals surface area (Å²) in [6.07, 6.45) is -2.48. The number of ether oxygens (including phenoxy) is 1. The van der Waals surface area contributed by atoms with Crippen molar-refractivity contribution in [1.29, 1.82) is 0 Å². The number of carbonyl (C=O) groups is 1. The zero-order valence-corrected chi connectivity index (χ0v) is 18.5. The molecular weight excluding hydrogens is 465 g/mol. The van der Waals surface area contributed by atoms with Gasteiger partial charge in [0.25, 0.3) is 11.6 Å². The maximum Gasteiger partial charge on any atom is 0.423 e. The van der Waals surface area contributed by atoms with E-state index in [2.05, 4.69) is 15.6 Å². The molecule has 1 saturated carbocycles. The number of nitrogens with one attached hydrogen (secondary N) is 2. The molecule has 0 aliphatic heterocycles. The van der Waals surface area contributed by atoms with Gasteiger partial charge in [0.2, 0.25) is 0 Å². The molecule has 4 rings (SSSR count). The Kier molecular flexibility index (Phi) is 7.15. The maximum atomic E-state index is 13.2. The minimum Gasteiger partial charge on any atom is -0.382 e. The van der Waals surface area contributed by atoms with Crippen molar-refractivity contribution in [3.8, 4) is 0 Å². The summed E-state index contributed by atoms with van der Waals surface area (Å²) < 4.78 is 45.3. The van der Waals surface area contributed by atoms with E-state index in [1.807, 2.05) is 30.3 Å². The van der Waals surface area contributed by atoms with Crippen LogP contribution in [0.2, 0.25) is 0 Å². The average Bonchev–Trinajstić information content (AvgIpc) is 2.83. The minimum absolute atomic E-state index is 0.104. The Bertz CT molecular complexity index is 1230. The highest BCUT2D eigenvalue weighted by Gasteiger charge is 2.38. The first kappa shape index (κ1) is 24.4. The van der Waals surface area contributed by atoms with Gasteiger partial charge in [-0.15, -0.1) is 0 Å². The van der Waals surface area contributed by atoms with Crippen molar-refractivity contribution in [3.63, 3.8) is 0 Å². The summed E-state index contributed by atoms with van der Waals surface area (Å²) in [6.45, 7) is -0.130. The van der Waals surface area contributed by atoms with Crippen LogP contribution in [-0.2, 0) is 15.7 Å². The van der Waals surface area contributed by atoms with Crippen molar-refractivity contribution in [2.24, 2.45) is 0 Å². The van der Waals surface area contributed by atoms with Gasteiger partial charge in [-0.05, 0) is 56.0 Å². The summed E-state index contributed by atoms with van der Waals surface area (Å²) in [7, 11) is 0. The number of anilines is 2. The van der Waals surface area contributed by atoms with Crippen LogP contribution in [0.1, 0.15) is 31.2 Å².